The van der Waals surface area contributed by atoms with E-state index in [0.29, 0.717) is 5.69 Å². The molecule has 0 saturated carbocycles. The molecule has 1 heterocycles. The van der Waals surface area contributed by atoms with Crippen LogP contribution in [0.3, 0.4) is 0 Å². The lowest BCUT2D eigenvalue weighted by Crippen LogP contribution is -2.13. The molecule has 0 aliphatic carbocycles. The van der Waals surface area contributed by atoms with Crippen LogP contribution in [0.15, 0.2) is 33.8 Å². The van der Waals surface area contributed by atoms with Gasteiger partial charge in [-0.15, -0.1) is 0 Å². The zero-order chi connectivity index (χ0) is 15.8. The van der Waals surface area contributed by atoms with Crippen molar-refractivity contribution in [3.05, 3.63) is 45.4 Å². The second kappa shape index (κ2) is 5.96. The van der Waals surface area contributed by atoms with Gasteiger partial charge in [-0.25, -0.2) is 12.8 Å². The number of benzene rings is 1. The Morgan fingerprint density at radius 3 is 2.62 bits per heavy atom. The molecule has 2 rings (SSSR count). The lowest BCUT2D eigenvalue weighted by Gasteiger charge is -2.10. The highest BCUT2D eigenvalue weighted by Gasteiger charge is 2.20. The second-order valence-corrected chi connectivity index (χ2v) is 7.28. The van der Waals surface area contributed by atoms with Gasteiger partial charge >= 0.3 is 0 Å². The summed E-state index contributed by atoms with van der Waals surface area (Å²) in [5, 5.41) is -0.0413. The molecule has 0 aliphatic rings. The third kappa shape index (κ3) is 3.39. The summed E-state index contributed by atoms with van der Waals surface area (Å²) < 4.78 is 42.0. The van der Waals surface area contributed by atoms with Gasteiger partial charge in [0.05, 0.1) is 10.7 Å². The van der Waals surface area contributed by atoms with Crippen LogP contribution in [0.1, 0.15) is 5.69 Å². The van der Waals surface area contributed by atoms with E-state index in [-0.39, 0.29) is 26.6 Å². The van der Waals surface area contributed by atoms with Crippen LogP contribution in [0.25, 0.3) is 0 Å². The molecule has 21 heavy (non-hydrogen) atoms. The average molecular weight is 397 g/mol. The Labute approximate surface area is 135 Å². The molecule has 3 N–H and O–H groups in total. The maximum Gasteiger partial charge on any atom is 0.263 e. The van der Waals surface area contributed by atoms with Crippen molar-refractivity contribution >= 4 is 43.2 Å². The Kier molecular flexibility index (Phi) is 4.62. The summed E-state index contributed by atoms with van der Waals surface area (Å²) in [6.45, 7) is 0.215. The molecule has 9 heteroatoms. The molecular formula is C12H12BrClFN3O2S. The fourth-order valence-corrected chi connectivity index (χ4v) is 4.04. The van der Waals surface area contributed by atoms with Crippen LogP contribution in [0.4, 0.5) is 10.1 Å². The Morgan fingerprint density at radius 2 is 2.10 bits per heavy atom. The van der Waals surface area contributed by atoms with Gasteiger partial charge in [-0.2, -0.15) is 0 Å². The molecule has 0 radical (unpaired) electrons. The number of hydrogen-bond donors (Lipinski definition) is 2. The average Bonchev–Trinajstić information content (AvgIpc) is 2.76. The van der Waals surface area contributed by atoms with Gasteiger partial charge in [0, 0.05) is 30.0 Å². The minimum atomic E-state index is -3.85. The van der Waals surface area contributed by atoms with Gasteiger partial charge < -0.3 is 10.3 Å². The van der Waals surface area contributed by atoms with Crippen molar-refractivity contribution in [2.24, 2.45) is 12.8 Å². The summed E-state index contributed by atoms with van der Waals surface area (Å²) in [6.07, 6.45) is 1.44. The fourth-order valence-electron chi connectivity index (χ4n) is 1.76. The van der Waals surface area contributed by atoms with Crippen molar-refractivity contribution < 1.29 is 12.8 Å². The summed E-state index contributed by atoms with van der Waals surface area (Å²) >= 11 is 8.95. The summed E-state index contributed by atoms with van der Waals surface area (Å²) in [7, 11) is -2.15. The van der Waals surface area contributed by atoms with E-state index in [2.05, 4.69) is 20.7 Å². The first-order valence-corrected chi connectivity index (χ1v) is 8.42. The van der Waals surface area contributed by atoms with Gasteiger partial charge in [-0.3, -0.25) is 4.72 Å². The maximum absolute atomic E-state index is 13.2. The van der Waals surface area contributed by atoms with Crippen LogP contribution in [0.2, 0.25) is 5.02 Å². The van der Waals surface area contributed by atoms with Crippen molar-refractivity contribution in [3.63, 3.8) is 0 Å². The molecule has 5 nitrogen and oxygen atoms in total. The number of aromatic nitrogens is 1. The molecule has 1 aromatic heterocycles. The van der Waals surface area contributed by atoms with Crippen LogP contribution in [0.5, 0.6) is 0 Å². The predicted octanol–water partition coefficient (Wildman–Crippen LogP) is 2.84. The molecular weight excluding hydrogens is 385 g/mol. The molecule has 0 bridgehead atoms. The molecule has 0 amide bonds. The Balaban J connectivity index is 2.42. The molecule has 0 fully saturated rings. The number of nitrogens with zero attached hydrogens (tertiary/aromatic N) is 1. The third-order valence-corrected chi connectivity index (χ3v) is 5.09. The SMILES string of the molecule is Cn1cc(S(=O)(=O)Nc2c(Cl)cc(F)cc2Br)cc1CN. The highest BCUT2D eigenvalue weighted by atomic mass is 79.9. The zero-order valence-corrected chi connectivity index (χ0v) is 14.1. The van der Waals surface area contributed by atoms with E-state index in [1.807, 2.05) is 0 Å². The van der Waals surface area contributed by atoms with Crippen molar-refractivity contribution in [1.29, 1.82) is 0 Å². The Morgan fingerprint density at radius 1 is 1.43 bits per heavy atom. The molecule has 0 aliphatic heterocycles. The number of anilines is 1. The smallest absolute Gasteiger partial charge is 0.263 e. The van der Waals surface area contributed by atoms with Gasteiger partial charge in [0.2, 0.25) is 0 Å². The molecule has 0 atom stereocenters. The van der Waals surface area contributed by atoms with Crippen LogP contribution in [-0.2, 0) is 23.6 Å². The highest BCUT2D eigenvalue weighted by molar-refractivity contribution is 9.10. The predicted molar refractivity (Wildman–Crippen MR) is 83.2 cm³/mol. The lowest BCUT2D eigenvalue weighted by atomic mass is 10.3. The zero-order valence-electron chi connectivity index (χ0n) is 10.9. The number of sulfonamides is 1. The second-order valence-electron chi connectivity index (χ2n) is 4.33. The number of halogens is 3. The van der Waals surface area contributed by atoms with E-state index < -0.39 is 15.8 Å². The minimum absolute atomic E-state index is 0.0413. The largest absolute Gasteiger partial charge is 0.352 e. The maximum atomic E-state index is 13.2. The normalized spacial score (nSPS) is 11.7. The van der Waals surface area contributed by atoms with Crippen molar-refractivity contribution in [3.8, 4) is 0 Å². The van der Waals surface area contributed by atoms with E-state index in [1.54, 1.807) is 11.6 Å². The van der Waals surface area contributed by atoms with Crippen LogP contribution in [0, 0.1) is 5.82 Å². The lowest BCUT2D eigenvalue weighted by molar-refractivity contribution is 0.600. The summed E-state index contributed by atoms with van der Waals surface area (Å²) in [5.74, 6) is -0.569. The molecule has 2 aromatic rings. The van der Waals surface area contributed by atoms with Crippen LogP contribution < -0.4 is 10.5 Å². The molecule has 0 spiro atoms. The standard InChI is InChI=1S/C12H12BrClFN3O2S/c1-18-6-9(4-8(18)5-16)21(19,20)17-12-10(13)2-7(15)3-11(12)14/h2-4,6,17H,5,16H2,1H3. The minimum Gasteiger partial charge on any atom is -0.352 e. The van der Waals surface area contributed by atoms with E-state index >= 15 is 0 Å². The van der Waals surface area contributed by atoms with E-state index in [0.717, 1.165) is 12.1 Å². The first-order valence-electron chi connectivity index (χ1n) is 5.77. The van der Waals surface area contributed by atoms with Gasteiger partial charge in [0.15, 0.2) is 0 Å². The van der Waals surface area contributed by atoms with Gasteiger partial charge in [0.25, 0.3) is 10.0 Å². The molecule has 0 unspecified atom stereocenters. The quantitative estimate of drug-likeness (QED) is 0.834. The molecule has 0 saturated heterocycles. The topological polar surface area (TPSA) is 77.1 Å². The number of nitrogens with one attached hydrogen (secondary N) is 1. The van der Waals surface area contributed by atoms with Crippen LogP contribution >= 0.6 is 27.5 Å². The summed E-state index contributed by atoms with van der Waals surface area (Å²) in [4.78, 5) is 0.0535. The fraction of sp³-hybridized carbons (Fsp3) is 0.167. The molecule has 1 aromatic carbocycles. The number of nitrogens with two attached hydrogens (primary N) is 1. The number of hydrogen-bond acceptors (Lipinski definition) is 3. The number of aryl methyl sites for hydroxylation is 1. The van der Waals surface area contributed by atoms with Gasteiger partial charge in [0.1, 0.15) is 10.7 Å². The monoisotopic (exact) mass is 395 g/mol. The summed E-state index contributed by atoms with van der Waals surface area (Å²) in [5.41, 5.74) is 6.26. The van der Waals surface area contributed by atoms with E-state index in [9.17, 15) is 12.8 Å². The van der Waals surface area contributed by atoms with Gasteiger partial charge in [-0.1, -0.05) is 11.6 Å². The number of rotatable bonds is 4. The third-order valence-electron chi connectivity index (χ3n) is 2.85. The van der Waals surface area contributed by atoms with Crippen molar-refractivity contribution in [1.82, 2.24) is 4.57 Å². The highest BCUT2D eigenvalue weighted by Crippen LogP contribution is 2.33. The van der Waals surface area contributed by atoms with E-state index in [4.69, 9.17) is 17.3 Å². The van der Waals surface area contributed by atoms with Crippen LogP contribution in [-0.4, -0.2) is 13.0 Å². The van der Waals surface area contributed by atoms with Gasteiger partial charge in [-0.05, 0) is 34.1 Å². The Bertz CT molecular complexity index is 769. The molecule has 114 valence electrons. The first kappa shape index (κ1) is 16.3. The first-order chi connectivity index (χ1) is 9.74. The van der Waals surface area contributed by atoms with Crippen molar-refractivity contribution in [2.75, 3.05) is 4.72 Å². The van der Waals surface area contributed by atoms with Crippen molar-refractivity contribution in [2.45, 2.75) is 11.4 Å². The Hall–Kier alpha value is -1.09. The van der Waals surface area contributed by atoms with E-state index in [1.165, 1.54) is 12.3 Å². The summed E-state index contributed by atoms with van der Waals surface area (Å²) in [6, 6.07) is 3.62.